The summed E-state index contributed by atoms with van der Waals surface area (Å²) in [5.41, 5.74) is 0.320. The number of ether oxygens (including phenoxy) is 1. The molecular weight excluding hydrogens is 210 g/mol. The van der Waals surface area contributed by atoms with E-state index in [2.05, 4.69) is 12.2 Å². The highest BCUT2D eigenvalue weighted by molar-refractivity contribution is 4.98. The van der Waals surface area contributed by atoms with Gasteiger partial charge in [0.2, 0.25) is 0 Å². The van der Waals surface area contributed by atoms with Crippen molar-refractivity contribution in [3.63, 3.8) is 0 Å². The van der Waals surface area contributed by atoms with Crippen molar-refractivity contribution in [2.45, 2.75) is 69.9 Å². The minimum Gasteiger partial charge on any atom is -0.375 e. The molecule has 2 unspecified atom stereocenters. The van der Waals surface area contributed by atoms with Gasteiger partial charge in [-0.05, 0) is 63.3 Å². The average Bonchev–Trinajstić information content (AvgIpc) is 2.24. The molecule has 0 aromatic rings. The Kier molecular flexibility index (Phi) is 3.45. The zero-order valence-electron chi connectivity index (χ0n) is 11.2. The highest BCUT2D eigenvalue weighted by Crippen LogP contribution is 2.47. The molecular formula is C15H27NO. The van der Waals surface area contributed by atoms with Crippen LogP contribution in [0.5, 0.6) is 0 Å². The molecule has 0 aromatic heterocycles. The molecule has 1 saturated heterocycles. The van der Waals surface area contributed by atoms with E-state index in [1.807, 2.05) is 0 Å². The van der Waals surface area contributed by atoms with Gasteiger partial charge in [0.1, 0.15) is 0 Å². The fraction of sp³-hybridized carbons (Fsp3) is 1.00. The molecule has 3 fully saturated rings. The van der Waals surface area contributed by atoms with Crippen LogP contribution >= 0.6 is 0 Å². The lowest BCUT2D eigenvalue weighted by Gasteiger charge is -2.50. The molecule has 3 rings (SSSR count). The van der Waals surface area contributed by atoms with Gasteiger partial charge in [0.05, 0.1) is 5.60 Å². The van der Waals surface area contributed by atoms with Gasteiger partial charge < -0.3 is 10.1 Å². The summed E-state index contributed by atoms with van der Waals surface area (Å²) in [6.45, 7) is 4.40. The van der Waals surface area contributed by atoms with E-state index in [1.165, 1.54) is 51.4 Å². The normalized spacial score (nSPS) is 34.1. The smallest absolute Gasteiger partial charge is 0.0685 e. The summed E-state index contributed by atoms with van der Waals surface area (Å²) in [7, 11) is 0. The lowest BCUT2D eigenvalue weighted by Crippen LogP contribution is -2.53. The first kappa shape index (κ1) is 12.0. The molecule has 0 bridgehead atoms. The van der Waals surface area contributed by atoms with Crippen LogP contribution in [0.1, 0.15) is 58.3 Å². The predicted molar refractivity (Wildman–Crippen MR) is 70.1 cm³/mol. The van der Waals surface area contributed by atoms with Crippen LogP contribution in [0.2, 0.25) is 0 Å². The molecule has 0 aromatic carbocycles. The van der Waals surface area contributed by atoms with Gasteiger partial charge >= 0.3 is 0 Å². The minimum atomic E-state index is 0.320. The standard InChI is InChI=1S/C15H27NO/c1-2-16-14(12-5-3-6-12)13-7-10-17-15(11-13)8-4-9-15/h12-14,16H,2-11H2,1H3. The van der Waals surface area contributed by atoms with Gasteiger partial charge in [0.25, 0.3) is 0 Å². The van der Waals surface area contributed by atoms with Gasteiger partial charge in [-0.25, -0.2) is 0 Å². The molecule has 2 aliphatic carbocycles. The van der Waals surface area contributed by atoms with Crippen molar-refractivity contribution in [2.75, 3.05) is 13.2 Å². The third kappa shape index (κ3) is 2.26. The van der Waals surface area contributed by atoms with Crippen molar-refractivity contribution >= 4 is 0 Å². The van der Waals surface area contributed by atoms with Crippen LogP contribution < -0.4 is 5.32 Å². The Morgan fingerprint density at radius 1 is 1.18 bits per heavy atom. The van der Waals surface area contributed by atoms with E-state index < -0.39 is 0 Å². The van der Waals surface area contributed by atoms with Crippen molar-refractivity contribution in [2.24, 2.45) is 11.8 Å². The molecule has 0 radical (unpaired) electrons. The third-order valence-electron chi connectivity index (χ3n) is 5.40. The highest BCUT2D eigenvalue weighted by atomic mass is 16.5. The van der Waals surface area contributed by atoms with Crippen LogP contribution in [0.3, 0.4) is 0 Å². The molecule has 17 heavy (non-hydrogen) atoms. The number of nitrogens with one attached hydrogen (secondary N) is 1. The van der Waals surface area contributed by atoms with Gasteiger partial charge in [-0.2, -0.15) is 0 Å². The summed E-state index contributed by atoms with van der Waals surface area (Å²) in [5, 5.41) is 3.78. The second kappa shape index (κ2) is 4.89. The monoisotopic (exact) mass is 237 g/mol. The van der Waals surface area contributed by atoms with Crippen molar-refractivity contribution in [3.05, 3.63) is 0 Å². The molecule has 98 valence electrons. The topological polar surface area (TPSA) is 21.3 Å². The zero-order valence-corrected chi connectivity index (χ0v) is 11.2. The van der Waals surface area contributed by atoms with Crippen LogP contribution in [0.15, 0.2) is 0 Å². The zero-order chi connectivity index (χ0) is 11.7. The van der Waals surface area contributed by atoms with E-state index in [0.717, 1.165) is 31.0 Å². The van der Waals surface area contributed by atoms with Crippen LogP contribution in [0.4, 0.5) is 0 Å². The first-order chi connectivity index (χ1) is 8.33. The molecule has 2 nitrogen and oxygen atoms in total. The molecule has 1 N–H and O–H groups in total. The number of hydrogen-bond acceptors (Lipinski definition) is 2. The van der Waals surface area contributed by atoms with E-state index in [9.17, 15) is 0 Å². The lowest BCUT2D eigenvalue weighted by atomic mass is 9.66. The van der Waals surface area contributed by atoms with E-state index in [1.54, 1.807) is 0 Å². The number of hydrogen-bond donors (Lipinski definition) is 1. The summed E-state index contributed by atoms with van der Waals surface area (Å²) in [6.07, 6.45) is 11.0. The van der Waals surface area contributed by atoms with Crippen molar-refractivity contribution in [3.8, 4) is 0 Å². The Morgan fingerprint density at radius 2 is 2.00 bits per heavy atom. The second-order valence-corrected chi connectivity index (χ2v) is 6.41. The predicted octanol–water partition coefficient (Wildman–Crippen LogP) is 3.11. The summed E-state index contributed by atoms with van der Waals surface area (Å²) in [6, 6.07) is 0.787. The van der Waals surface area contributed by atoms with Gasteiger partial charge in [0, 0.05) is 12.6 Å². The van der Waals surface area contributed by atoms with Crippen LogP contribution in [0.25, 0.3) is 0 Å². The molecule has 2 heteroatoms. The SMILES string of the molecule is CCNC(C1CCC1)C1CCOC2(CCC2)C1. The maximum absolute atomic E-state index is 6.06. The first-order valence-electron chi connectivity index (χ1n) is 7.70. The summed E-state index contributed by atoms with van der Waals surface area (Å²) in [4.78, 5) is 0. The average molecular weight is 237 g/mol. The Balaban J connectivity index is 1.63. The largest absolute Gasteiger partial charge is 0.375 e. The Bertz CT molecular complexity index is 258. The van der Waals surface area contributed by atoms with E-state index in [4.69, 9.17) is 4.74 Å². The first-order valence-corrected chi connectivity index (χ1v) is 7.70. The molecule has 0 amide bonds. The Hall–Kier alpha value is -0.0800. The fourth-order valence-corrected chi connectivity index (χ4v) is 4.04. The summed E-state index contributed by atoms with van der Waals surface area (Å²) >= 11 is 0. The van der Waals surface area contributed by atoms with Crippen LogP contribution in [-0.2, 0) is 4.74 Å². The third-order valence-corrected chi connectivity index (χ3v) is 5.40. The van der Waals surface area contributed by atoms with Gasteiger partial charge in [-0.3, -0.25) is 0 Å². The molecule has 1 spiro atoms. The van der Waals surface area contributed by atoms with Crippen molar-refractivity contribution < 1.29 is 4.74 Å². The maximum Gasteiger partial charge on any atom is 0.0685 e. The summed E-state index contributed by atoms with van der Waals surface area (Å²) in [5.74, 6) is 1.85. The Labute approximate surface area is 105 Å². The molecule has 2 atom stereocenters. The van der Waals surface area contributed by atoms with Crippen molar-refractivity contribution in [1.29, 1.82) is 0 Å². The van der Waals surface area contributed by atoms with Crippen molar-refractivity contribution in [1.82, 2.24) is 5.32 Å². The van der Waals surface area contributed by atoms with E-state index in [0.29, 0.717) is 5.60 Å². The molecule has 1 heterocycles. The number of rotatable bonds is 4. The quantitative estimate of drug-likeness (QED) is 0.811. The second-order valence-electron chi connectivity index (χ2n) is 6.41. The van der Waals surface area contributed by atoms with E-state index >= 15 is 0 Å². The van der Waals surface area contributed by atoms with Gasteiger partial charge in [-0.15, -0.1) is 0 Å². The molecule has 3 aliphatic rings. The molecule has 2 saturated carbocycles. The molecule has 1 aliphatic heterocycles. The lowest BCUT2D eigenvalue weighted by molar-refractivity contribution is -0.150. The van der Waals surface area contributed by atoms with E-state index in [-0.39, 0.29) is 0 Å². The summed E-state index contributed by atoms with van der Waals surface area (Å²) < 4.78 is 6.06. The highest BCUT2D eigenvalue weighted by Gasteiger charge is 2.45. The van der Waals surface area contributed by atoms with Gasteiger partial charge in [-0.1, -0.05) is 13.3 Å². The minimum absolute atomic E-state index is 0.320. The fourth-order valence-electron chi connectivity index (χ4n) is 4.04. The Morgan fingerprint density at radius 3 is 2.53 bits per heavy atom. The van der Waals surface area contributed by atoms with Gasteiger partial charge in [0.15, 0.2) is 0 Å². The van der Waals surface area contributed by atoms with Crippen LogP contribution in [-0.4, -0.2) is 24.8 Å². The maximum atomic E-state index is 6.06. The van der Waals surface area contributed by atoms with Crippen LogP contribution in [0, 0.1) is 11.8 Å².